The molecule has 0 atom stereocenters. The number of aromatic hydroxyl groups is 1. The molecule has 0 fully saturated rings. The van der Waals surface area contributed by atoms with Gasteiger partial charge in [-0.25, -0.2) is 0 Å². The summed E-state index contributed by atoms with van der Waals surface area (Å²) in [5.74, 6) is 0.734. The number of ether oxygens (including phenoxy) is 2. The maximum absolute atomic E-state index is 13.3. The van der Waals surface area contributed by atoms with Crippen LogP contribution in [0.2, 0.25) is 0 Å². The average molecular weight is 805 g/mol. The van der Waals surface area contributed by atoms with Gasteiger partial charge in [0.1, 0.15) is 28.7 Å². The number of hydrogen-bond acceptors (Lipinski definition) is 8. The fourth-order valence-corrected chi connectivity index (χ4v) is 5.89. The average Bonchev–Trinajstić information content (AvgIpc) is 3.23. The first-order valence-corrected chi connectivity index (χ1v) is 19.5. The molecule has 0 unspecified atom stereocenters. The van der Waals surface area contributed by atoms with E-state index in [0.717, 1.165) is 17.9 Å². The summed E-state index contributed by atoms with van der Waals surface area (Å²) in [6, 6.07) is 38.8. The molecule has 0 saturated carbocycles. The van der Waals surface area contributed by atoms with E-state index in [9.17, 15) is 24.3 Å². The number of carbonyl (C=O) groups is 4. The summed E-state index contributed by atoms with van der Waals surface area (Å²) in [6.07, 6.45) is 1.00. The molecule has 6 aromatic carbocycles. The molecule has 0 aliphatic rings. The maximum Gasteiger partial charge on any atom is 0.255 e. The maximum atomic E-state index is 13.3. The summed E-state index contributed by atoms with van der Waals surface area (Å²) in [4.78, 5) is 52.3. The number of nitrogens with one attached hydrogen (secondary N) is 4. The van der Waals surface area contributed by atoms with Crippen LogP contribution in [0.25, 0.3) is 0 Å². The van der Waals surface area contributed by atoms with Crippen LogP contribution in [0.3, 0.4) is 0 Å². The molecule has 0 saturated heterocycles. The fraction of sp³-hybridized carbons (Fsp3) is 0.184. The Morgan fingerprint density at radius 3 is 1.38 bits per heavy atom. The number of benzene rings is 6. The molecule has 0 aliphatic carbocycles. The molecule has 11 heteroatoms. The standard InChI is InChI=1S/C49H48N4O7/c1-7-49(5,6)53-36-16-21-39(22-17-36)60-41-25-23-40(24-26-41)59-38-19-14-35(15-20-38)50-45(56)33-12-9-13-34(29-33)47(58)52-42-30-37(18-27-43(42)54)51-46(57)32-11-8-10-31(28-32)44(55)48(2,3)4/h8-30,53-54H,7H2,1-6H3,(H,50,56)(H,51,57)(H,52,58). The molecule has 306 valence electrons. The van der Waals surface area contributed by atoms with Crippen molar-refractivity contribution in [3.8, 4) is 28.7 Å². The number of hydrogen-bond donors (Lipinski definition) is 5. The third-order valence-corrected chi connectivity index (χ3v) is 9.59. The number of phenolic OH excluding ortho intramolecular Hbond substituents is 1. The van der Waals surface area contributed by atoms with Gasteiger partial charge in [-0.15, -0.1) is 0 Å². The van der Waals surface area contributed by atoms with E-state index in [2.05, 4.69) is 42.0 Å². The third kappa shape index (κ3) is 11.2. The second kappa shape index (κ2) is 18.0. The van der Waals surface area contributed by atoms with Crippen LogP contribution in [0.15, 0.2) is 140 Å². The molecule has 0 aliphatic heterocycles. The van der Waals surface area contributed by atoms with Gasteiger partial charge < -0.3 is 35.8 Å². The minimum absolute atomic E-state index is 0.00369. The van der Waals surface area contributed by atoms with E-state index < -0.39 is 23.1 Å². The smallest absolute Gasteiger partial charge is 0.255 e. The highest BCUT2D eigenvalue weighted by atomic mass is 16.5. The topological polar surface area (TPSA) is 155 Å². The van der Waals surface area contributed by atoms with Crippen LogP contribution in [-0.2, 0) is 0 Å². The lowest BCUT2D eigenvalue weighted by atomic mass is 9.86. The lowest BCUT2D eigenvalue weighted by molar-refractivity contribution is 0.0857. The monoisotopic (exact) mass is 804 g/mol. The Bertz CT molecular complexity index is 2510. The van der Waals surface area contributed by atoms with Crippen molar-refractivity contribution in [3.63, 3.8) is 0 Å². The van der Waals surface area contributed by atoms with E-state index >= 15 is 0 Å². The first-order chi connectivity index (χ1) is 28.5. The predicted molar refractivity (Wildman–Crippen MR) is 236 cm³/mol. The highest BCUT2D eigenvalue weighted by Crippen LogP contribution is 2.31. The van der Waals surface area contributed by atoms with E-state index in [1.807, 2.05) is 69.3 Å². The van der Waals surface area contributed by atoms with Crippen LogP contribution in [0.1, 0.15) is 89.4 Å². The van der Waals surface area contributed by atoms with E-state index in [1.54, 1.807) is 54.6 Å². The molecular formula is C49H48N4O7. The Balaban J connectivity index is 1.02. The lowest BCUT2D eigenvalue weighted by Crippen LogP contribution is -2.29. The number of anilines is 4. The quantitative estimate of drug-likeness (QED) is 0.0414. The van der Waals surface area contributed by atoms with Gasteiger partial charge in [0.05, 0.1) is 5.69 Å². The van der Waals surface area contributed by atoms with Gasteiger partial charge in [-0.3, -0.25) is 19.2 Å². The second-order valence-electron chi connectivity index (χ2n) is 15.9. The van der Waals surface area contributed by atoms with Gasteiger partial charge in [0.2, 0.25) is 0 Å². The summed E-state index contributed by atoms with van der Waals surface area (Å²) in [5.41, 5.74) is 2.37. The van der Waals surface area contributed by atoms with Crippen LogP contribution in [0.4, 0.5) is 22.7 Å². The van der Waals surface area contributed by atoms with Crippen LogP contribution < -0.4 is 30.7 Å². The largest absolute Gasteiger partial charge is 0.506 e. The molecule has 60 heavy (non-hydrogen) atoms. The number of ketones is 1. The Labute approximate surface area is 349 Å². The van der Waals surface area contributed by atoms with Crippen molar-refractivity contribution in [2.45, 2.75) is 53.5 Å². The third-order valence-electron chi connectivity index (χ3n) is 9.59. The number of carbonyl (C=O) groups excluding carboxylic acids is 4. The van der Waals surface area contributed by atoms with Crippen molar-refractivity contribution in [1.82, 2.24) is 0 Å². The lowest BCUT2D eigenvalue weighted by Gasteiger charge is -2.26. The van der Waals surface area contributed by atoms with Crippen LogP contribution >= 0.6 is 0 Å². The Kier molecular flexibility index (Phi) is 12.7. The van der Waals surface area contributed by atoms with Crippen LogP contribution in [0, 0.1) is 5.41 Å². The van der Waals surface area contributed by atoms with Crippen molar-refractivity contribution in [2.24, 2.45) is 5.41 Å². The van der Waals surface area contributed by atoms with E-state index in [4.69, 9.17) is 9.47 Å². The van der Waals surface area contributed by atoms with Gasteiger partial charge >= 0.3 is 0 Å². The summed E-state index contributed by atoms with van der Waals surface area (Å²) in [7, 11) is 0. The zero-order valence-corrected chi connectivity index (χ0v) is 34.4. The van der Waals surface area contributed by atoms with Crippen LogP contribution in [-0.4, -0.2) is 34.2 Å². The van der Waals surface area contributed by atoms with E-state index in [-0.39, 0.29) is 39.4 Å². The van der Waals surface area contributed by atoms with Gasteiger partial charge in [-0.2, -0.15) is 0 Å². The summed E-state index contributed by atoms with van der Waals surface area (Å²) >= 11 is 0. The van der Waals surface area contributed by atoms with Gasteiger partial charge in [0, 0.05) is 50.3 Å². The van der Waals surface area contributed by atoms with Gasteiger partial charge in [0.15, 0.2) is 5.78 Å². The van der Waals surface area contributed by atoms with Crippen molar-refractivity contribution >= 4 is 46.3 Å². The van der Waals surface area contributed by atoms with Gasteiger partial charge in [-0.1, -0.05) is 45.9 Å². The zero-order chi connectivity index (χ0) is 43.0. The predicted octanol–water partition coefficient (Wildman–Crippen LogP) is 11.6. The minimum atomic E-state index is -0.614. The number of rotatable bonds is 14. The molecule has 0 heterocycles. The van der Waals surface area contributed by atoms with Crippen molar-refractivity contribution in [1.29, 1.82) is 0 Å². The minimum Gasteiger partial charge on any atom is -0.506 e. The Morgan fingerprint density at radius 1 is 0.500 bits per heavy atom. The summed E-state index contributed by atoms with van der Waals surface area (Å²) in [6.45, 7) is 11.9. The molecule has 0 radical (unpaired) electrons. The molecule has 0 bridgehead atoms. The van der Waals surface area contributed by atoms with Crippen molar-refractivity contribution in [3.05, 3.63) is 162 Å². The van der Waals surface area contributed by atoms with E-state index in [1.165, 1.54) is 36.4 Å². The highest BCUT2D eigenvalue weighted by Gasteiger charge is 2.24. The van der Waals surface area contributed by atoms with Crippen LogP contribution in [0.5, 0.6) is 28.7 Å². The fourth-order valence-electron chi connectivity index (χ4n) is 5.89. The SMILES string of the molecule is CCC(C)(C)Nc1ccc(Oc2ccc(Oc3ccc(NC(=O)c4cccc(C(=O)Nc5cc(NC(=O)c6cccc(C(=O)C(C)(C)C)c6)ccc5O)c4)cc3)cc2)cc1. The molecule has 6 rings (SSSR count). The zero-order valence-electron chi connectivity index (χ0n) is 34.4. The van der Waals surface area contributed by atoms with Gasteiger partial charge in [0.25, 0.3) is 17.7 Å². The summed E-state index contributed by atoms with van der Waals surface area (Å²) < 4.78 is 12.0. The molecule has 5 N–H and O–H groups in total. The molecule has 0 spiro atoms. The normalized spacial score (nSPS) is 11.2. The van der Waals surface area contributed by atoms with Crippen molar-refractivity contribution < 1.29 is 33.8 Å². The molecule has 6 aromatic rings. The highest BCUT2D eigenvalue weighted by molar-refractivity contribution is 6.10. The molecule has 11 nitrogen and oxygen atoms in total. The first kappa shape index (κ1) is 42.2. The molecule has 0 aromatic heterocycles. The summed E-state index contributed by atoms with van der Waals surface area (Å²) in [5, 5.41) is 22.2. The Hall–Kier alpha value is -7.40. The Morgan fingerprint density at radius 2 is 0.900 bits per heavy atom. The van der Waals surface area contributed by atoms with E-state index in [0.29, 0.717) is 34.2 Å². The number of phenols is 1. The first-order valence-electron chi connectivity index (χ1n) is 19.5. The molecular weight excluding hydrogens is 757 g/mol. The van der Waals surface area contributed by atoms with Crippen molar-refractivity contribution in [2.75, 3.05) is 21.3 Å². The second-order valence-corrected chi connectivity index (χ2v) is 15.9. The molecule has 3 amide bonds. The van der Waals surface area contributed by atoms with Gasteiger partial charge in [-0.05, 0) is 142 Å². The number of Topliss-reactive ketones (excluding diaryl/α,β-unsaturated/α-hetero) is 1. The number of amides is 3.